The van der Waals surface area contributed by atoms with Crippen LogP contribution < -0.4 is 11.5 Å². The Morgan fingerprint density at radius 1 is 0.933 bits per heavy atom. The molecule has 0 aliphatic heterocycles. The maximum atomic E-state index is 12.9. The van der Waals surface area contributed by atoms with E-state index in [1.165, 1.54) is 0 Å². The summed E-state index contributed by atoms with van der Waals surface area (Å²) >= 11 is 0. The molecule has 30 heavy (non-hydrogen) atoms. The van der Waals surface area contributed by atoms with Gasteiger partial charge in [0, 0.05) is 10.8 Å². The van der Waals surface area contributed by atoms with Crippen molar-refractivity contribution in [3.05, 3.63) is 95.6 Å². The van der Waals surface area contributed by atoms with E-state index in [1.54, 1.807) is 24.3 Å². The summed E-state index contributed by atoms with van der Waals surface area (Å²) in [5.41, 5.74) is 14.0. The second-order valence-corrected chi connectivity index (χ2v) is 8.28. The minimum absolute atomic E-state index is 0.0167. The van der Waals surface area contributed by atoms with Crippen LogP contribution in [0.2, 0.25) is 0 Å². The van der Waals surface area contributed by atoms with Crippen LogP contribution in [0.3, 0.4) is 0 Å². The molecule has 0 spiro atoms. The number of carbonyl (C=O) groups is 1. The van der Waals surface area contributed by atoms with Gasteiger partial charge in [-0.1, -0.05) is 60.7 Å². The van der Waals surface area contributed by atoms with Gasteiger partial charge in [-0.3, -0.25) is 9.00 Å². The summed E-state index contributed by atoms with van der Waals surface area (Å²) in [5.74, 6) is -0.902. The average Bonchev–Trinajstić information content (AvgIpc) is 2.72. The molecule has 0 saturated heterocycles. The first-order valence-electron chi connectivity index (χ1n) is 9.36. The van der Waals surface area contributed by atoms with E-state index in [-0.39, 0.29) is 18.3 Å². The number of aliphatic imine (C=N–C) groups is 1. The lowest BCUT2D eigenvalue weighted by Crippen LogP contribution is -2.21. The Hall–Kier alpha value is -3.45. The highest BCUT2D eigenvalue weighted by Gasteiger charge is 2.18. The largest absolute Gasteiger partial charge is 0.481 e. The fraction of sp³-hybridized carbons (Fsp3) is 0.130. The van der Waals surface area contributed by atoms with Crippen molar-refractivity contribution in [3.63, 3.8) is 0 Å². The lowest BCUT2D eigenvalue weighted by atomic mass is 9.88. The quantitative estimate of drug-likeness (QED) is 0.380. The highest BCUT2D eigenvalue weighted by molar-refractivity contribution is 7.84. The van der Waals surface area contributed by atoms with E-state index < -0.39 is 16.8 Å². The van der Waals surface area contributed by atoms with Crippen LogP contribution in [0.15, 0.2) is 88.8 Å². The molecule has 2 atom stereocenters. The van der Waals surface area contributed by atoms with Gasteiger partial charge in [-0.15, -0.1) is 0 Å². The zero-order valence-corrected chi connectivity index (χ0v) is 17.1. The molecule has 3 aromatic rings. The van der Waals surface area contributed by atoms with Crippen molar-refractivity contribution in [1.82, 2.24) is 0 Å². The van der Waals surface area contributed by atoms with Crippen molar-refractivity contribution in [2.45, 2.75) is 23.0 Å². The third-order valence-corrected chi connectivity index (χ3v) is 5.95. The second-order valence-electron chi connectivity index (χ2n) is 6.83. The number of nitrogens with two attached hydrogens (primary N) is 2. The Labute approximate surface area is 177 Å². The van der Waals surface area contributed by atoms with E-state index in [2.05, 4.69) is 4.99 Å². The number of benzene rings is 3. The smallest absolute Gasteiger partial charge is 0.304 e. The third-order valence-electron chi connectivity index (χ3n) is 4.57. The fourth-order valence-electron chi connectivity index (χ4n) is 3.27. The molecule has 0 amide bonds. The topological polar surface area (TPSA) is 119 Å². The Morgan fingerprint density at radius 3 is 2.33 bits per heavy atom. The van der Waals surface area contributed by atoms with Gasteiger partial charge >= 0.3 is 5.97 Å². The van der Waals surface area contributed by atoms with Crippen LogP contribution in [-0.2, 0) is 21.3 Å². The van der Waals surface area contributed by atoms with Crippen LogP contribution in [0, 0.1) is 0 Å². The molecule has 6 nitrogen and oxygen atoms in total. The van der Waals surface area contributed by atoms with E-state index in [4.69, 9.17) is 11.5 Å². The van der Waals surface area contributed by atoms with E-state index in [0.717, 1.165) is 16.7 Å². The maximum Gasteiger partial charge on any atom is 0.304 e. The first-order valence-corrected chi connectivity index (χ1v) is 10.7. The van der Waals surface area contributed by atoms with Gasteiger partial charge < -0.3 is 16.6 Å². The molecule has 0 bridgehead atoms. The highest BCUT2D eigenvalue weighted by atomic mass is 32.2. The first kappa shape index (κ1) is 21.3. The lowest BCUT2D eigenvalue weighted by Gasteiger charge is -2.17. The molecule has 0 aromatic heterocycles. The van der Waals surface area contributed by atoms with Crippen molar-refractivity contribution >= 4 is 28.4 Å². The van der Waals surface area contributed by atoms with Crippen LogP contribution in [-0.4, -0.2) is 21.2 Å². The average molecular weight is 422 g/mol. The van der Waals surface area contributed by atoms with Crippen LogP contribution in [0.4, 0.5) is 5.69 Å². The van der Waals surface area contributed by atoms with Crippen LogP contribution in [0.25, 0.3) is 0 Å². The van der Waals surface area contributed by atoms with Crippen molar-refractivity contribution < 1.29 is 14.1 Å². The van der Waals surface area contributed by atoms with Gasteiger partial charge in [0.25, 0.3) is 0 Å². The number of carboxylic acid groups (broad SMARTS) is 1. The lowest BCUT2D eigenvalue weighted by molar-refractivity contribution is -0.137. The number of guanidine groups is 1. The van der Waals surface area contributed by atoms with Gasteiger partial charge in [-0.2, -0.15) is 0 Å². The van der Waals surface area contributed by atoms with E-state index >= 15 is 0 Å². The summed E-state index contributed by atoms with van der Waals surface area (Å²) in [6.45, 7) is 0. The van der Waals surface area contributed by atoms with E-state index in [0.29, 0.717) is 16.3 Å². The monoisotopic (exact) mass is 421 g/mol. The van der Waals surface area contributed by atoms with Crippen molar-refractivity contribution in [1.29, 1.82) is 0 Å². The van der Waals surface area contributed by atoms with Crippen molar-refractivity contribution in [3.8, 4) is 0 Å². The first-order chi connectivity index (χ1) is 14.4. The van der Waals surface area contributed by atoms with E-state index in [1.807, 2.05) is 54.6 Å². The molecule has 0 saturated carbocycles. The number of nitrogens with zero attached hydrogens (tertiary/aromatic N) is 1. The van der Waals surface area contributed by atoms with Gasteiger partial charge in [0.15, 0.2) is 5.96 Å². The molecule has 0 heterocycles. The number of hydrogen-bond acceptors (Lipinski definition) is 3. The third kappa shape index (κ3) is 5.78. The molecule has 3 rings (SSSR count). The van der Waals surface area contributed by atoms with Crippen LogP contribution >= 0.6 is 0 Å². The van der Waals surface area contributed by atoms with Crippen LogP contribution in [0.5, 0.6) is 0 Å². The van der Waals surface area contributed by atoms with Gasteiger partial charge in [-0.25, -0.2) is 4.99 Å². The minimum atomic E-state index is -1.30. The Morgan fingerprint density at radius 2 is 1.63 bits per heavy atom. The Balaban J connectivity index is 1.85. The summed E-state index contributed by atoms with van der Waals surface area (Å²) in [4.78, 5) is 16.0. The van der Waals surface area contributed by atoms with Crippen molar-refractivity contribution in [2.75, 3.05) is 0 Å². The predicted octanol–water partition coefficient (Wildman–Crippen LogP) is 3.51. The SMILES string of the molecule is NC(N)=Nc1cccc(S(=O)Cc2cccc(C(CC(=O)O)c3ccccc3)c2)c1. The van der Waals surface area contributed by atoms with Gasteiger partial charge in [0.2, 0.25) is 0 Å². The van der Waals surface area contributed by atoms with Gasteiger partial charge in [-0.05, 0) is 34.9 Å². The van der Waals surface area contributed by atoms with Crippen molar-refractivity contribution in [2.24, 2.45) is 16.5 Å². The fourth-order valence-corrected chi connectivity index (χ4v) is 4.40. The standard InChI is InChI=1S/C23H23N3O3S/c24-23(25)26-19-10-5-11-20(13-19)30(29)15-16-6-4-9-18(12-16)21(14-22(27)28)17-7-2-1-3-8-17/h1-13,21H,14-15H2,(H,27,28)(H4,24,25,26). The number of hydrogen-bond donors (Lipinski definition) is 3. The molecule has 3 aromatic carbocycles. The van der Waals surface area contributed by atoms with E-state index in [9.17, 15) is 14.1 Å². The molecule has 0 radical (unpaired) electrons. The summed E-state index contributed by atoms with van der Waals surface area (Å²) in [5, 5.41) is 9.38. The molecule has 7 heteroatoms. The highest BCUT2D eigenvalue weighted by Crippen LogP contribution is 2.29. The number of carboxylic acids is 1. The number of aliphatic carboxylic acids is 1. The minimum Gasteiger partial charge on any atom is -0.481 e. The van der Waals surface area contributed by atoms with Gasteiger partial charge in [0.05, 0.1) is 28.7 Å². The summed E-state index contributed by atoms with van der Waals surface area (Å²) in [6.07, 6.45) is -0.0167. The number of rotatable bonds is 8. The zero-order chi connectivity index (χ0) is 21.5. The van der Waals surface area contributed by atoms with Crippen LogP contribution in [0.1, 0.15) is 29.0 Å². The predicted molar refractivity (Wildman–Crippen MR) is 119 cm³/mol. The summed E-state index contributed by atoms with van der Waals surface area (Å²) < 4.78 is 12.9. The molecular formula is C23H23N3O3S. The molecule has 0 aliphatic rings. The second kappa shape index (κ2) is 9.84. The normalized spacial score (nSPS) is 12.7. The van der Waals surface area contributed by atoms with Gasteiger partial charge in [0.1, 0.15) is 0 Å². The molecule has 0 fully saturated rings. The zero-order valence-electron chi connectivity index (χ0n) is 16.3. The Kier molecular flexibility index (Phi) is 6.98. The molecule has 2 unspecified atom stereocenters. The maximum absolute atomic E-state index is 12.9. The molecular weight excluding hydrogens is 398 g/mol. The summed E-state index contributed by atoms with van der Waals surface area (Å²) in [7, 11) is -1.30. The molecule has 5 N–H and O–H groups in total. The molecule has 154 valence electrons. The molecule has 0 aliphatic carbocycles. The summed E-state index contributed by atoms with van der Waals surface area (Å²) in [6, 6.07) is 24.1. The Bertz CT molecular complexity index is 1080.